The molecule has 0 saturated heterocycles. The molecule has 1 aromatic carbocycles. The summed E-state index contributed by atoms with van der Waals surface area (Å²) < 4.78 is 15.1. The van der Waals surface area contributed by atoms with Gasteiger partial charge in [0.1, 0.15) is 11.3 Å². The minimum atomic E-state index is -0.494. The summed E-state index contributed by atoms with van der Waals surface area (Å²) in [5, 5.41) is 0. The average molecular weight is 273 g/mol. The molecule has 0 aliphatic carbocycles. The van der Waals surface area contributed by atoms with Gasteiger partial charge in [0, 0.05) is 17.3 Å². The maximum atomic E-state index is 11.8. The van der Waals surface area contributed by atoms with Crippen LogP contribution < -0.4 is 9.47 Å². The van der Waals surface area contributed by atoms with Crippen LogP contribution in [0.1, 0.15) is 10.4 Å². The predicted molar refractivity (Wildman–Crippen MR) is 74.1 cm³/mol. The molecule has 0 unspecified atom stereocenters. The Kier molecular flexibility index (Phi) is 4.20. The Labute approximate surface area is 117 Å². The lowest BCUT2D eigenvalue weighted by atomic mass is 10.0. The van der Waals surface area contributed by atoms with Crippen molar-refractivity contribution in [2.24, 2.45) is 0 Å². The Hall–Kier alpha value is -2.56. The van der Waals surface area contributed by atoms with Gasteiger partial charge in [0.2, 0.25) is 5.88 Å². The van der Waals surface area contributed by atoms with Gasteiger partial charge < -0.3 is 14.2 Å². The summed E-state index contributed by atoms with van der Waals surface area (Å²) >= 11 is 0. The van der Waals surface area contributed by atoms with Crippen molar-refractivity contribution in [3.05, 3.63) is 42.1 Å². The van der Waals surface area contributed by atoms with E-state index in [9.17, 15) is 4.79 Å². The van der Waals surface area contributed by atoms with E-state index in [0.29, 0.717) is 5.75 Å². The van der Waals surface area contributed by atoms with E-state index in [0.717, 1.165) is 11.1 Å². The predicted octanol–water partition coefficient (Wildman–Crippen LogP) is 2.55. The van der Waals surface area contributed by atoms with Crippen LogP contribution >= 0.6 is 0 Å². The Morgan fingerprint density at radius 3 is 2.50 bits per heavy atom. The second-order valence-electron chi connectivity index (χ2n) is 3.97. The van der Waals surface area contributed by atoms with Gasteiger partial charge in [-0.25, -0.2) is 9.78 Å². The van der Waals surface area contributed by atoms with Crippen molar-refractivity contribution in [3.63, 3.8) is 0 Å². The summed E-state index contributed by atoms with van der Waals surface area (Å²) in [7, 11) is 4.37. The number of para-hydroxylation sites is 1. The molecule has 5 nitrogen and oxygen atoms in total. The molecule has 1 heterocycles. The molecule has 0 radical (unpaired) electrons. The summed E-state index contributed by atoms with van der Waals surface area (Å²) in [5.74, 6) is 0.442. The third-order valence-electron chi connectivity index (χ3n) is 2.87. The van der Waals surface area contributed by atoms with Gasteiger partial charge in [-0.2, -0.15) is 0 Å². The molecular formula is C15H15NO4. The van der Waals surface area contributed by atoms with Gasteiger partial charge in [0.25, 0.3) is 0 Å². The Balaban J connectivity index is 2.56. The van der Waals surface area contributed by atoms with Crippen molar-refractivity contribution in [2.45, 2.75) is 0 Å². The number of rotatable bonds is 4. The lowest BCUT2D eigenvalue weighted by Gasteiger charge is -2.11. The van der Waals surface area contributed by atoms with Crippen LogP contribution in [0.25, 0.3) is 11.1 Å². The zero-order valence-electron chi connectivity index (χ0n) is 11.5. The van der Waals surface area contributed by atoms with E-state index in [-0.39, 0.29) is 11.4 Å². The number of nitrogens with zero attached hydrogens (tertiary/aromatic N) is 1. The van der Waals surface area contributed by atoms with Crippen molar-refractivity contribution < 1.29 is 19.0 Å². The average Bonchev–Trinajstić information content (AvgIpc) is 2.53. The summed E-state index contributed by atoms with van der Waals surface area (Å²) in [4.78, 5) is 15.9. The van der Waals surface area contributed by atoms with E-state index in [2.05, 4.69) is 4.98 Å². The Bertz CT molecular complexity index is 625. The van der Waals surface area contributed by atoms with Crippen molar-refractivity contribution in [2.75, 3.05) is 21.3 Å². The van der Waals surface area contributed by atoms with Gasteiger partial charge in [-0.15, -0.1) is 0 Å². The van der Waals surface area contributed by atoms with E-state index in [1.54, 1.807) is 19.4 Å². The molecule has 104 valence electrons. The number of carbonyl (C=O) groups is 1. The van der Waals surface area contributed by atoms with Crippen LogP contribution in [0.4, 0.5) is 0 Å². The molecule has 0 aliphatic heterocycles. The number of esters is 1. The van der Waals surface area contributed by atoms with Crippen molar-refractivity contribution >= 4 is 5.97 Å². The zero-order chi connectivity index (χ0) is 14.5. The van der Waals surface area contributed by atoms with E-state index < -0.39 is 5.97 Å². The van der Waals surface area contributed by atoms with Gasteiger partial charge in [0.05, 0.1) is 21.3 Å². The first-order valence-corrected chi connectivity index (χ1v) is 5.97. The largest absolute Gasteiger partial charge is 0.496 e. The molecule has 0 spiro atoms. The van der Waals surface area contributed by atoms with Crippen LogP contribution in [0.3, 0.4) is 0 Å². The highest BCUT2D eigenvalue weighted by Crippen LogP contribution is 2.31. The molecule has 0 aliphatic rings. The molecule has 0 atom stereocenters. The molecule has 0 amide bonds. The third-order valence-corrected chi connectivity index (χ3v) is 2.87. The number of carbonyl (C=O) groups excluding carboxylic acids is 1. The van der Waals surface area contributed by atoms with E-state index in [1.807, 2.05) is 24.3 Å². The number of pyridine rings is 1. The second kappa shape index (κ2) is 6.06. The minimum absolute atomic E-state index is 0.232. The van der Waals surface area contributed by atoms with E-state index >= 15 is 0 Å². The topological polar surface area (TPSA) is 57.7 Å². The molecule has 2 aromatic rings. The fourth-order valence-electron chi connectivity index (χ4n) is 1.90. The van der Waals surface area contributed by atoms with Gasteiger partial charge >= 0.3 is 5.97 Å². The van der Waals surface area contributed by atoms with Crippen LogP contribution in [-0.2, 0) is 4.74 Å². The monoisotopic (exact) mass is 273 g/mol. The summed E-state index contributed by atoms with van der Waals surface area (Å²) in [6.45, 7) is 0. The highest BCUT2D eigenvalue weighted by Gasteiger charge is 2.16. The summed E-state index contributed by atoms with van der Waals surface area (Å²) in [5.41, 5.74) is 1.87. The third kappa shape index (κ3) is 2.56. The lowest BCUT2D eigenvalue weighted by molar-refractivity contribution is 0.0596. The van der Waals surface area contributed by atoms with Gasteiger partial charge in [-0.05, 0) is 12.1 Å². The summed E-state index contributed by atoms with van der Waals surface area (Å²) in [6, 6.07) is 9.18. The highest BCUT2D eigenvalue weighted by atomic mass is 16.5. The normalized spacial score (nSPS) is 9.95. The molecular weight excluding hydrogens is 258 g/mol. The fraction of sp³-hybridized carbons (Fsp3) is 0.200. The quantitative estimate of drug-likeness (QED) is 0.801. The van der Waals surface area contributed by atoms with Crippen LogP contribution in [0, 0.1) is 0 Å². The van der Waals surface area contributed by atoms with Crippen LogP contribution in [0.2, 0.25) is 0 Å². The molecule has 5 heteroatoms. The van der Waals surface area contributed by atoms with Crippen LogP contribution in [0.5, 0.6) is 11.6 Å². The van der Waals surface area contributed by atoms with Crippen molar-refractivity contribution in [3.8, 4) is 22.8 Å². The molecule has 0 saturated carbocycles. The van der Waals surface area contributed by atoms with Gasteiger partial charge in [-0.1, -0.05) is 18.2 Å². The van der Waals surface area contributed by atoms with Crippen LogP contribution in [-0.4, -0.2) is 32.3 Å². The van der Waals surface area contributed by atoms with E-state index in [4.69, 9.17) is 14.2 Å². The Morgan fingerprint density at radius 1 is 1.10 bits per heavy atom. The molecule has 2 rings (SSSR count). The number of hydrogen-bond donors (Lipinski definition) is 0. The molecule has 0 bridgehead atoms. The smallest absolute Gasteiger partial charge is 0.343 e. The molecule has 20 heavy (non-hydrogen) atoms. The van der Waals surface area contributed by atoms with Crippen molar-refractivity contribution in [1.82, 2.24) is 4.98 Å². The maximum Gasteiger partial charge on any atom is 0.343 e. The maximum absolute atomic E-state index is 11.8. The fourth-order valence-corrected chi connectivity index (χ4v) is 1.90. The minimum Gasteiger partial charge on any atom is -0.496 e. The summed E-state index contributed by atoms with van der Waals surface area (Å²) in [6.07, 6.45) is 1.63. The molecule has 1 aromatic heterocycles. The number of ether oxygens (including phenoxy) is 3. The van der Waals surface area contributed by atoms with E-state index in [1.165, 1.54) is 14.2 Å². The van der Waals surface area contributed by atoms with Gasteiger partial charge in [0.15, 0.2) is 0 Å². The van der Waals surface area contributed by atoms with Crippen LogP contribution in [0.15, 0.2) is 36.5 Å². The number of aromatic nitrogens is 1. The number of methoxy groups -OCH3 is 3. The molecule has 0 N–H and O–H groups in total. The Morgan fingerprint density at radius 2 is 1.85 bits per heavy atom. The van der Waals surface area contributed by atoms with Gasteiger partial charge in [-0.3, -0.25) is 0 Å². The second-order valence-corrected chi connectivity index (χ2v) is 3.97. The SMILES string of the molecule is COC(=O)c1cc(-c2ccccc2OC)cnc1OC. The first-order chi connectivity index (χ1) is 9.71. The number of hydrogen-bond acceptors (Lipinski definition) is 5. The lowest BCUT2D eigenvalue weighted by Crippen LogP contribution is -2.06. The first kappa shape index (κ1) is 13.9. The zero-order valence-corrected chi connectivity index (χ0v) is 11.5. The standard InChI is InChI=1S/C15H15NO4/c1-18-13-7-5-4-6-11(13)10-8-12(15(17)20-3)14(19-2)16-9-10/h4-9H,1-3H3. The first-order valence-electron chi connectivity index (χ1n) is 5.97. The number of benzene rings is 1. The highest BCUT2D eigenvalue weighted by molar-refractivity contribution is 5.93. The molecule has 0 fully saturated rings. The van der Waals surface area contributed by atoms with Crippen molar-refractivity contribution in [1.29, 1.82) is 0 Å².